The van der Waals surface area contributed by atoms with Gasteiger partial charge >= 0.3 is 5.97 Å². The number of hydrogen-bond acceptors (Lipinski definition) is 7. The molecule has 9 nitrogen and oxygen atoms in total. The molecule has 10 heteroatoms. The van der Waals surface area contributed by atoms with Gasteiger partial charge in [-0.15, -0.1) is 0 Å². The van der Waals surface area contributed by atoms with Gasteiger partial charge in [-0.2, -0.15) is 0 Å². The van der Waals surface area contributed by atoms with Crippen molar-refractivity contribution in [3.05, 3.63) is 57.9 Å². The summed E-state index contributed by atoms with van der Waals surface area (Å²) in [5.74, 6) is -1.48. The normalized spacial score (nSPS) is 16.4. The number of halogens is 1. The number of nitrogens with zero attached hydrogens (tertiary/aromatic N) is 3. The molecule has 1 saturated heterocycles. The van der Waals surface area contributed by atoms with Gasteiger partial charge in [0, 0.05) is 44.8 Å². The van der Waals surface area contributed by atoms with E-state index in [1.165, 1.54) is 14.2 Å². The molecule has 0 atom stereocenters. The zero-order chi connectivity index (χ0) is 28.5. The van der Waals surface area contributed by atoms with Gasteiger partial charge in [-0.25, -0.2) is 4.39 Å². The van der Waals surface area contributed by atoms with E-state index >= 15 is 4.39 Å². The molecule has 2 heterocycles. The summed E-state index contributed by atoms with van der Waals surface area (Å²) < 4.78 is 25.6. The lowest BCUT2D eigenvalue weighted by Gasteiger charge is -2.34. The van der Waals surface area contributed by atoms with Crippen LogP contribution in [0.25, 0.3) is 0 Å². The Balaban J connectivity index is 1.52. The van der Waals surface area contributed by atoms with Gasteiger partial charge < -0.3 is 19.5 Å². The third-order valence-electron chi connectivity index (χ3n) is 7.35. The van der Waals surface area contributed by atoms with Crippen molar-refractivity contribution in [3.63, 3.8) is 0 Å². The molecular formula is C29H37FN4O5. The van der Waals surface area contributed by atoms with Gasteiger partial charge in [0.15, 0.2) is 23.1 Å². The van der Waals surface area contributed by atoms with Crippen molar-refractivity contribution < 1.29 is 28.6 Å². The Hall–Kier alpha value is -3.50. The number of methoxy groups -OCH3 is 2. The summed E-state index contributed by atoms with van der Waals surface area (Å²) in [6.45, 7) is 10.0. The van der Waals surface area contributed by atoms with Gasteiger partial charge in [-0.3, -0.25) is 24.8 Å². The molecule has 0 radical (unpaired) electrons. The highest BCUT2D eigenvalue weighted by atomic mass is 19.1. The van der Waals surface area contributed by atoms with Crippen LogP contribution in [0.3, 0.4) is 0 Å². The maximum absolute atomic E-state index is 15.2. The highest BCUT2D eigenvalue weighted by Gasteiger charge is 2.33. The average molecular weight is 541 g/mol. The summed E-state index contributed by atoms with van der Waals surface area (Å²) in [6.07, 6.45) is 0. The second kappa shape index (κ2) is 11.3. The SMILES string of the molecule is COc1cc2c(c(F)c1OC)C(=N)N(CC(=O)c1cc(CN3CCN(CC(=O)O)CC3)cc(C(C)(C)C)c1)C2. The van der Waals surface area contributed by atoms with Gasteiger partial charge in [0.25, 0.3) is 0 Å². The van der Waals surface area contributed by atoms with Crippen LogP contribution in [0, 0.1) is 11.2 Å². The minimum Gasteiger partial charge on any atom is -0.493 e. The molecule has 2 N–H and O–H groups in total. The monoisotopic (exact) mass is 540 g/mol. The van der Waals surface area contributed by atoms with Crippen molar-refractivity contribution in [2.24, 2.45) is 0 Å². The summed E-state index contributed by atoms with van der Waals surface area (Å²) in [6, 6.07) is 7.60. The number of carboxylic acids is 1. The molecule has 0 spiro atoms. The Morgan fingerprint density at radius 3 is 2.26 bits per heavy atom. The van der Waals surface area contributed by atoms with Crippen LogP contribution in [0.5, 0.6) is 11.5 Å². The predicted octanol–water partition coefficient (Wildman–Crippen LogP) is 3.37. The van der Waals surface area contributed by atoms with Crippen molar-refractivity contribution >= 4 is 17.6 Å². The molecule has 1 fully saturated rings. The van der Waals surface area contributed by atoms with Crippen LogP contribution in [0.15, 0.2) is 24.3 Å². The van der Waals surface area contributed by atoms with E-state index in [2.05, 4.69) is 31.7 Å². The quantitative estimate of drug-likeness (QED) is 0.467. The summed E-state index contributed by atoms with van der Waals surface area (Å²) in [7, 11) is 2.78. The predicted molar refractivity (Wildman–Crippen MR) is 146 cm³/mol. The Morgan fingerprint density at radius 1 is 1.00 bits per heavy atom. The number of aliphatic carboxylic acids is 1. The van der Waals surface area contributed by atoms with Crippen molar-refractivity contribution in [2.45, 2.75) is 39.3 Å². The molecule has 210 valence electrons. The number of carbonyl (C=O) groups excluding carboxylic acids is 1. The number of Topliss-reactive ketones (excluding diaryl/α,β-unsaturated/α-hetero) is 1. The molecule has 0 bridgehead atoms. The van der Waals surface area contributed by atoms with E-state index in [-0.39, 0.29) is 53.7 Å². The molecule has 0 saturated carbocycles. The van der Waals surface area contributed by atoms with Gasteiger partial charge in [-0.1, -0.05) is 26.8 Å². The molecule has 0 amide bonds. The first-order valence-corrected chi connectivity index (χ1v) is 13.0. The zero-order valence-corrected chi connectivity index (χ0v) is 23.3. The van der Waals surface area contributed by atoms with E-state index in [0.29, 0.717) is 30.8 Å². The molecule has 2 aromatic rings. The van der Waals surface area contributed by atoms with Crippen molar-refractivity contribution in [2.75, 3.05) is 53.5 Å². The second-order valence-electron chi connectivity index (χ2n) is 11.2. The first-order chi connectivity index (χ1) is 18.4. The number of ketones is 1. The molecule has 2 aliphatic rings. The highest BCUT2D eigenvalue weighted by Crippen LogP contribution is 2.38. The first kappa shape index (κ1) is 28.5. The number of piperazine rings is 1. The largest absolute Gasteiger partial charge is 0.493 e. The summed E-state index contributed by atoms with van der Waals surface area (Å²) >= 11 is 0. The Morgan fingerprint density at radius 2 is 1.67 bits per heavy atom. The lowest BCUT2D eigenvalue weighted by atomic mass is 9.84. The third kappa shape index (κ3) is 6.23. The first-order valence-electron chi connectivity index (χ1n) is 13.0. The van der Waals surface area contributed by atoms with Gasteiger partial charge in [0.1, 0.15) is 5.84 Å². The van der Waals surface area contributed by atoms with Crippen LogP contribution >= 0.6 is 0 Å². The van der Waals surface area contributed by atoms with E-state index in [4.69, 9.17) is 20.0 Å². The molecule has 0 aliphatic carbocycles. The standard InChI is InChI=1S/C29H37FN4O5/c1-29(2,3)21-11-18(14-32-6-8-33(9-7-32)17-24(36)37)10-19(12-21)22(35)16-34-15-20-13-23(38-4)27(39-5)26(30)25(20)28(34)31/h10-13,31H,6-9,14-17H2,1-5H3,(H,36,37). The fourth-order valence-electron chi connectivity index (χ4n) is 5.16. The van der Waals surface area contributed by atoms with Crippen LogP contribution in [0.1, 0.15) is 53.4 Å². The van der Waals surface area contributed by atoms with Crippen molar-refractivity contribution in [1.82, 2.24) is 14.7 Å². The maximum atomic E-state index is 15.2. The number of carbonyl (C=O) groups is 2. The van der Waals surface area contributed by atoms with E-state index in [9.17, 15) is 9.59 Å². The molecule has 2 aliphatic heterocycles. The Labute approximate surface area is 228 Å². The number of nitrogens with one attached hydrogen (secondary N) is 1. The van der Waals surface area contributed by atoms with Gasteiger partial charge in [0.2, 0.25) is 0 Å². The summed E-state index contributed by atoms with van der Waals surface area (Å²) in [5.41, 5.74) is 3.13. The number of ether oxygens (including phenoxy) is 2. The third-order valence-corrected chi connectivity index (χ3v) is 7.35. The minimum absolute atomic E-state index is 0.0465. The van der Waals surface area contributed by atoms with Crippen molar-refractivity contribution in [3.8, 4) is 11.5 Å². The molecule has 0 aromatic heterocycles. The Kier molecular flexibility index (Phi) is 8.27. The molecule has 4 rings (SSSR count). The minimum atomic E-state index is -0.820. The number of carboxylic acid groups (broad SMARTS) is 1. The smallest absolute Gasteiger partial charge is 0.317 e. The fourth-order valence-corrected chi connectivity index (χ4v) is 5.16. The van der Waals surface area contributed by atoms with E-state index < -0.39 is 11.8 Å². The molecule has 2 aromatic carbocycles. The maximum Gasteiger partial charge on any atom is 0.317 e. The number of amidine groups is 1. The average Bonchev–Trinajstić information content (AvgIpc) is 3.18. The van der Waals surface area contributed by atoms with Crippen molar-refractivity contribution in [1.29, 1.82) is 5.41 Å². The number of rotatable bonds is 9. The number of fused-ring (bicyclic) bond motifs is 1. The second-order valence-corrected chi connectivity index (χ2v) is 11.2. The van der Waals surface area contributed by atoms with Gasteiger partial charge in [-0.05, 0) is 40.3 Å². The number of benzene rings is 2. The Bertz CT molecular complexity index is 1280. The van der Waals surface area contributed by atoms with Crippen LogP contribution in [0.2, 0.25) is 0 Å². The lowest BCUT2D eigenvalue weighted by molar-refractivity contribution is -0.138. The molecule has 0 unspecified atom stereocenters. The zero-order valence-electron chi connectivity index (χ0n) is 23.3. The summed E-state index contributed by atoms with van der Waals surface area (Å²) in [4.78, 5) is 30.3. The number of hydrogen-bond donors (Lipinski definition) is 2. The lowest BCUT2D eigenvalue weighted by Crippen LogP contribution is -2.47. The van der Waals surface area contributed by atoms with Crippen LogP contribution < -0.4 is 9.47 Å². The molecular weight excluding hydrogens is 503 g/mol. The van der Waals surface area contributed by atoms with E-state index in [1.54, 1.807) is 11.0 Å². The highest BCUT2D eigenvalue weighted by molar-refractivity contribution is 6.06. The van der Waals surface area contributed by atoms with Gasteiger partial charge in [0.05, 0.1) is 32.9 Å². The van der Waals surface area contributed by atoms with Crippen LogP contribution in [0.4, 0.5) is 4.39 Å². The van der Waals surface area contributed by atoms with Crippen LogP contribution in [-0.4, -0.2) is 90.9 Å². The summed E-state index contributed by atoms with van der Waals surface area (Å²) in [5, 5.41) is 17.6. The van der Waals surface area contributed by atoms with Crippen LogP contribution in [-0.2, 0) is 23.3 Å². The van der Waals surface area contributed by atoms with E-state index in [0.717, 1.165) is 24.2 Å². The fraction of sp³-hybridized carbons (Fsp3) is 0.483. The molecule has 39 heavy (non-hydrogen) atoms. The topological polar surface area (TPSA) is 106 Å². The van der Waals surface area contributed by atoms with E-state index in [1.807, 2.05) is 17.0 Å².